The zero-order chi connectivity index (χ0) is 20.8. The fraction of sp³-hybridized carbons (Fsp3) is 0. The summed E-state index contributed by atoms with van der Waals surface area (Å²) in [4.78, 5) is 25.2. The number of aromatic nitrogens is 8. The van der Waals surface area contributed by atoms with Crippen molar-refractivity contribution in [2.24, 2.45) is 0 Å². The molecule has 3 N–H and O–H groups in total. The Hall–Kier alpha value is -4.66. The van der Waals surface area contributed by atoms with Crippen LogP contribution in [0.1, 0.15) is 0 Å². The summed E-state index contributed by atoms with van der Waals surface area (Å²) < 4.78 is 0. The molecule has 9 nitrogen and oxygen atoms in total. The van der Waals surface area contributed by atoms with E-state index >= 15 is 0 Å². The summed E-state index contributed by atoms with van der Waals surface area (Å²) in [5.74, 6) is 0.699. The minimum atomic E-state index is 0.0829. The average Bonchev–Trinajstić information content (AvgIpc) is 3.43. The SMILES string of the molecule is Oc1cncc(-c2cc3c(-c4nc5c(-c6cccnc6)cncc5[nH]4)n[nH]c3cn2)c1. The molecule has 0 fully saturated rings. The third-order valence-electron chi connectivity index (χ3n) is 5.06. The van der Waals surface area contributed by atoms with E-state index in [9.17, 15) is 5.11 Å². The van der Waals surface area contributed by atoms with Gasteiger partial charge in [0.05, 0.1) is 35.3 Å². The van der Waals surface area contributed by atoms with Crippen LogP contribution in [-0.4, -0.2) is 45.2 Å². The molecule has 6 aromatic heterocycles. The second kappa shape index (κ2) is 6.70. The van der Waals surface area contributed by atoms with Gasteiger partial charge >= 0.3 is 0 Å². The zero-order valence-electron chi connectivity index (χ0n) is 16.0. The Morgan fingerprint density at radius 1 is 0.839 bits per heavy atom. The highest BCUT2D eigenvalue weighted by Crippen LogP contribution is 2.32. The molecule has 0 spiro atoms. The van der Waals surface area contributed by atoms with Crippen molar-refractivity contribution < 1.29 is 5.11 Å². The van der Waals surface area contributed by atoms with Gasteiger partial charge in [-0.2, -0.15) is 5.10 Å². The minimum Gasteiger partial charge on any atom is -0.506 e. The fourth-order valence-corrected chi connectivity index (χ4v) is 3.60. The number of nitrogens with zero attached hydrogens (tertiary/aromatic N) is 6. The van der Waals surface area contributed by atoms with Gasteiger partial charge in [0, 0.05) is 46.9 Å². The molecular weight excluding hydrogens is 392 g/mol. The van der Waals surface area contributed by atoms with E-state index in [2.05, 4.69) is 35.1 Å². The van der Waals surface area contributed by atoms with E-state index in [1.54, 1.807) is 43.2 Å². The van der Waals surface area contributed by atoms with Gasteiger partial charge in [-0.15, -0.1) is 0 Å². The van der Waals surface area contributed by atoms with Crippen molar-refractivity contribution in [3.8, 4) is 39.7 Å². The largest absolute Gasteiger partial charge is 0.506 e. The third kappa shape index (κ3) is 2.87. The highest BCUT2D eigenvalue weighted by Gasteiger charge is 2.16. The van der Waals surface area contributed by atoms with Crippen molar-refractivity contribution in [2.75, 3.05) is 0 Å². The Bertz CT molecular complexity index is 1550. The van der Waals surface area contributed by atoms with Crippen molar-refractivity contribution >= 4 is 21.9 Å². The lowest BCUT2D eigenvalue weighted by Crippen LogP contribution is -1.86. The number of nitrogens with one attached hydrogen (secondary N) is 2. The first-order chi connectivity index (χ1) is 15.3. The first-order valence-electron chi connectivity index (χ1n) is 9.49. The predicted molar refractivity (Wildman–Crippen MR) is 115 cm³/mol. The number of rotatable bonds is 3. The van der Waals surface area contributed by atoms with Crippen molar-refractivity contribution in [3.05, 3.63) is 67.6 Å². The lowest BCUT2D eigenvalue weighted by Gasteiger charge is -2.01. The molecule has 0 atom stereocenters. The molecule has 0 bridgehead atoms. The molecule has 6 rings (SSSR count). The summed E-state index contributed by atoms with van der Waals surface area (Å²) in [6.07, 6.45) is 11.8. The smallest absolute Gasteiger partial charge is 0.159 e. The number of hydrogen-bond donors (Lipinski definition) is 3. The monoisotopic (exact) mass is 406 g/mol. The maximum absolute atomic E-state index is 9.75. The summed E-state index contributed by atoms with van der Waals surface area (Å²) in [5.41, 5.74) is 6.25. The van der Waals surface area contributed by atoms with Crippen LogP contribution in [0.25, 0.3) is 55.8 Å². The Labute approximate surface area is 174 Å². The van der Waals surface area contributed by atoms with Crippen LogP contribution in [-0.2, 0) is 0 Å². The average molecular weight is 406 g/mol. The summed E-state index contributed by atoms with van der Waals surface area (Å²) in [5, 5.41) is 18.1. The molecule has 148 valence electrons. The van der Waals surface area contributed by atoms with Gasteiger partial charge in [0.1, 0.15) is 17.0 Å². The van der Waals surface area contributed by atoms with Gasteiger partial charge < -0.3 is 10.1 Å². The normalized spacial score (nSPS) is 11.4. The molecular formula is C22H14N8O. The highest BCUT2D eigenvalue weighted by molar-refractivity contribution is 5.97. The van der Waals surface area contributed by atoms with Crippen molar-refractivity contribution in [3.63, 3.8) is 0 Å². The van der Waals surface area contributed by atoms with Gasteiger partial charge in [-0.25, -0.2) is 4.98 Å². The number of hydrogen-bond acceptors (Lipinski definition) is 7. The molecule has 0 saturated heterocycles. The standard InChI is InChI=1S/C22H14N8O/c31-14-4-13(7-24-8-14)17-5-15-18(11-26-17)29-30-21(15)22-27-19-10-25-9-16(20(19)28-22)12-2-1-3-23-6-12/h1-11,31H,(H,27,28)(H,29,30). The summed E-state index contributed by atoms with van der Waals surface area (Å²) >= 11 is 0. The van der Waals surface area contributed by atoms with Crippen LogP contribution in [0, 0.1) is 0 Å². The minimum absolute atomic E-state index is 0.0829. The van der Waals surface area contributed by atoms with Gasteiger partial charge in [-0.05, 0) is 18.2 Å². The van der Waals surface area contributed by atoms with Gasteiger partial charge in [0.15, 0.2) is 5.82 Å². The predicted octanol–water partition coefficient (Wildman–Crippen LogP) is 3.73. The van der Waals surface area contributed by atoms with Crippen molar-refractivity contribution in [1.82, 2.24) is 40.1 Å². The van der Waals surface area contributed by atoms with Crippen molar-refractivity contribution in [2.45, 2.75) is 0 Å². The van der Waals surface area contributed by atoms with E-state index in [0.29, 0.717) is 22.8 Å². The molecule has 0 aromatic carbocycles. The van der Waals surface area contributed by atoms with Crippen LogP contribution in [0.15, 0.2) is 67.6 Å². The summed E-state index contributed by atoms with van der Waals surface area (Å²) in [6, 6.07) is 7.38. The fourth-order valence-electron chi connectivity index (χ4n) is 3.60. The van der Waals surface area contributed by atoms with E-state index in [1.807, 2.05) is 18.2 Å². The molecule has 0 unspecified atom stereocenters. The Balaban J connectivity index is 1.51. The summed E-state index contributed by atoms with van der Waals surface area (Å²) in [7, 11) is 0. The maximum atomic E-state index is 9.75. The van der Waals surface area contributed by atoms with Crippen LogP contribution in [0.4, 0.5) is 0 Å². The van der Waals surface area contributed by atoms with Gasteiger partial charge in [-0.1, -0.05) is 6.07 Å². The molecule has 0 aliphatic rings. The Kier molecular flexibility index (Phi) is 3.72. The van der Waals surface area contributed by atoms with Crippen LogP contribution < -0.4 is 0 Å². The quantitative estimate of drug-likeness (QED) is 0.408. The lowest BCUT2D eigenvalue weighted by atomic mass is 10.1. The van der Waals surface area contributed by atoms with E-state index in [-0.39, 0.29) is 5.75 Å². The molecule has 0 amide bonds. The molecule has 0 radical (unpaired) electrons. The molecule has 9 heteroatoms. The number of H-pyrrole nitrogens is 2. The lowest BCUT2D eigenvalue weighted by molar-refractivity contribution is 0.473. The number of aromatic hydroxyl groups is 1. The van der Waals surface area contributed by atoms with Crippen molar-refractivity contribution in [1.29, 1.82) is 0 Å². The topological polar surface area (TPSA) is 129 Å². The number of pyridine rings is 4. The maximum Gasteiger partial charge on any atom is 0.159 e. The van der Waals surface area contributed by atoms with E-state index in [4.69, 9.17) is 4.98 Å². The third-order valence-corrected chi connectivity index (χ3v) is 5.06. The molecule has 6 aromatic rings. The second-order valence-corrected chi connectivity index (χ2v) is 7.03. The molecule has 6 heterocycles. The molecule has 0 aliphatic heterocycles. The van der Waals surface area contributed by atoms with E-state index in [1.165, 1.54) is 6.20 Å². The highest BCUT2D eigenvalue weighted by atomic mass is 16.3. The summed E-state index contributed by atoms with van der Waals surface area (Å²) in [6.45, 7) is 0. The van der Waals surface area contributed by atoms with Gasteiger partial charge in [0.25, 0.3) is 0 Å². The zero-order valence-corrected chi connectivity index (χ0v) is 16.0. The van der Waals surface area contributed by atoms with E-state index in [0.717, 1.165) is 33.1 Å². The number of aromatic amines is 2. The van der Waals surface area contributed by atoms with E-state index < -0.39 is 0 Å². The van der Waals surface area contributed by atoms with Crippen LogP contribution in [0.3, 0.4) is 0 Å². The van der Waals surface area contributed by atoms with Gasteiger partial charge in [0.2, 0.25) is 0 Å². The van der Waals surface area contributed by atoms with Crippen LogP contribution >= 0.6 is 0 Å². The van der Waals surface area contributed by atoms with Crippen LogP contribution in [0.5, 0.6) is 5.75 Å². The number of fused-ring (bicyclic) bond motifs is 2. The second-order valence-electron chi connectivity index (χ2n) is 7.03. The first kappa shape index (κ1) is 17.2. The van der Waals surface area contributed by atoms with Crippen LogP contribution in [0.2, 0.25) is 0 Å². The Morgan fingerprint density at radius 3 is 2.61 bits per heavy atom. The molecule has 0 aliphatic carbocycles. The number of imidazole rings is 1. The first-order valence-corrected chi connectivity index (χ1v) is 9.49. The van der Waals surface area contributed by atoms with Gasteiger partial charge in [-0.3, -0.25) is 25.0 Å². The Morgan fingerprint density at radius 2 is 1.74 bits per heavy atom. The molecule has 0 saturated carbocycles. The molecule has 31 heavy (non-hydrogen) atoms.